The lowest BCUT2D eigenvalue weighted by Crippen LogP contribution is -2.25. The van der Waals surface area contributed by atoms with Crippen LogP contribution < -0.4 is 15.6 Å². The van der Waals surface area contributed by atoms with Gasteiger partial charge in [0, 0.05) is 70.1 Å². The molecule has 2 aliphatic rings. The third-order valence-electron chi connectivity index (χ3n) is 7.43. The molecule has 4 N–H and O–H groups in total. The van der Waals surface area contributed by atoms with Crippen molar-refractivity contribution in [1.82, 2.24) is 30.5 Å². The molecule has 1 saturated heterocycles. The van der Waals surface area contributed by atoms with Gasteiger partial charge in [-0.3, -0.25) is 15.4 Å². The maximum absolute atomic E-state index is 14.7. The predicted molar refractivity (Wildman–Crippen MR) is 151 cm³/mol. The maximum atomic E-state index is 14.7. The van der Waals surface area contributed by atoms with Crippen molar-refractivity contribution in [3.63, 3.8) is 0 Å². The Bertz CT molecular complexity index is 1670. The molecule has 0 unspecified atom stereocenters. The number of hydrogen-bond acceptors (Lipinski definition) is 6. The molecule has 1 fully saturated rings. The second-order valence-electron chi connectivity index (χ2n) is 9.96. The van der Waals surface area contributed by atoms with Crippen molar-refractivity contribution in [2.45, 2.75) is 12.8 Å². The summed E-state index contributed by atoms with van der Waals surface area (Å²) in [4.78, 5) is 10.6. The standard InChI is InChI=1S/C30H28FN7O/c31-22-10-19(11-23(13-22)39-9-8-38-6-1-2-7-38)24-4-3-5-28-25(24)14-29(36-28)27-18-35-37-30-26(27)12-20(15-32-30)21-16-33-34-17-21/h3-5,10-18,35-36H,1-2,6-9H2,(H,32,37)(H,33,34). The number of nitrogens with one attached hydrogen (secondary N) is 4. The zero-order chi connectivity index (χ0) is 26.2. The Kier molecular flexibility index (Phi) is 5.97. The molecule has 39 heavy (non-hydrogen) atoms. The molecule has 2 aromatic carbocycles. The Balaban J connectivity index is 1.22. The first-order valence-electron chi connectivity index (χ1n) is 13.2. The minimum absolute atomic E-state index is 0.312. The van der Waals surface area contributed by atoms with Crippen LogP contribution in [-0.4, -0.2) is 51.3 Å². The van der Waals surface area contributed by atoms with Gasteiger partial charge in [-0.2, -0.15) is 5.10 Å². The first-order valence-corrected chi connectivity index (χ1v) is 13.2. The molecule has 5 aromatic rings. The number of anilines is 1. The van der Waals surface area contributed by atoms with Gasteiger partial charge in [-0.1, -0.05) is 12.1 Å². The van der Waals surface area contributed by atoms with E-state index >= 15 is 0 Å². The first-order chi connectivity index (χ1) is 19.2. The Labute approximate surface area is 224 Å². The molecule has 2 aliphatic heterocycles. The molecule has 0 aliphatic carbocycles. The lowest BCUT2D eigenvalue weighted by atomic mass is 9.98. The summed E-state index contributed by atoms with van der Waals surface area (Å²) in [6, 6.07) is 15.2. The van der Waals surface area contributed by atoms with E-state index in [4.69, 9.17) is 4.74 Å². The molecule has 196 valence electrons. The summed E-state index contributed by atoms with van der Waals surface area (Å²) in [5.74, 6) is 0.974. The van der Waals surface area contributed by atoms with Crippen LogP contribution >= 0.6 is 0 Å². The largest absolute Gasteiger partial charge is 0.492 e. The third-order valence-corrected chi connectivity index (χ3v) is 7.43. The van der Waals surface area contributed by atoms with Crippen LogP contribution in [-0.2, 0) is 0 Å². The second kappa shape index (κ2) is 9.92. The summed E-state index contributed by atoms with van der Waals surface area (Å²) >= 11 is 0. The summed E-state index contributed by atoms with van der Waals surface area (Å²) in [5, 5.41) is 7.92. The van der Waals surface area contributed by atoms with Gasteiger partial charge in [0.15, 0.2) is 5.82 Å². The molecular weight excluding hydrogens is 493 g/mol. The van der Waals surface area contributed by atoms with Crippen molar-refractivity contribution < 1.29 is 9.13 Å². The number of likely N-dealkylation sites (tertiary alicyclic amines) is 1. The molecule has 3 aromatic heterocycles. The van der Waals surface area contributed by atoms with Crippen LogP contribution in [0.15, 0.2) is 73.3 Å². The van der Waals surface area contributed by atoms with E-state index in [9.17, 15) is 4.39 Å². The molecule has 8 nitrogen and oxygen atoms in total. The SMILES string of the molecule is Fc1cc(OCCN2CCCC2)cc(-c2cccc3[nH]c(C4=CNNc5ncc(-c6cn[nH]c6)cc54)cc23)c1. The quantitative estimate of drug-likeness (QED) is 0.224. The van der Waals surface area contributed by atoms with Crippen molar-refractivity contribution in [2.24, 2.45) is 0 Å². The number of benzene rings is 2. The van der Waals surface area contributed by atoms with E-state index in [-0.39, 0.29) is 5.82 Å². The summed E-state index contributed by atoms with van der Waals surface area (Å²) in [6.07, 6.45) is 9.84. The number of pyridine rings is 1. The topological polar surface area (TPSA) is 93.9 Å². The Morgan fingerprint density at radius 1 is 0.949 bits per heavy atom. The number of hydrazine groups is 1. The van der Waals surface area contributed by atoms with E-state index < -0.39 is 0 Å². The highest BCUT2D eigenvalue weighted by molar-refractivity contribution is 5.99. The monoisotopic (exact) mass is 521 g/mol. The fourth-order valence-electron chi connectivity index (χ4n) is 5.47. The number of nitrogens with zero attached hydrogens (tertiary/aromatic N) is 3. The average molecular weight is 522 g/mol. The van der Waals surface area contributed by atoms with Gasteiger partial charge < -0.3 is 15.1 Å². The predicted octanol–water partition coefficient (Wildman–Crippen LogP) is 5.55. The van der Waals surface area contributed by atoms with Crippen LogP contribution in [0.2, 0.25) is 0 Å². The van der Waals surface area contributed by atoms with E-state index in [0.29, 0.717) is 12.4 Å². The third kappa shape index (κ3) is 4.61. The van der Waals surface area contributed by atoms with Gasteiger partial charge in [-0.05, 0) is 67.4 Å². The van der Waals surface area contributed by atoms with Gasteiger partial charge >= 0.3 is 0 Å². The van der Waals surface area contributed by atoms with Crippen molar-refractivity contribution in [3.8, 4) is 28.0 Å². The number of rotatable bonds is 7. The normalized spacial score (nSPS) is 15.1. The summed E-state index contributed by atoms with van der Waals surface area (Å²) in [6.45, 7) is 3.63. The molecule has 7 rings (SSSR count). The van der Waals surface area contributed by atoms with Gasteiger partial charge in [0.1, 0.15) is 18.2 Å². The number of fused-ring (bicyclic) bond motifs is 2. The van der Waals surface area contributed by atoms with Crippen LogP contribution in [0.4, 0.5) is 10.2 Å². The molecule has 0 spiro atoms. The number of halogens is 1. The average Bonchev–Trinajstić information content (AvgIpc) is 3.74. The van der Waals surface area contributed by atoms with Crippen LogP contribution in [0.25, 0.3) is 38.7 Å². The lowest BCUT2D eigenvalue weighted by Gasteiger charge is -2.19. The second-order valence-corrected chi connectivity index (χ2v) is 9.96. The fraction of sp³-hybridized carbons (Fsp3) is 0.200. The highest BCUT2D eigenvalue weighted by Crippen LogP contribution is 2.37. The minimum atomic E-state index is -0.312. The molecule has 0 saturated carbocycles. The smallest absolute Gasteiger partial charge is 0.152 e. The van der Waals surface area contributed by atoms with Gasteiger partial charge in [-0.15, -0.1) is 0 Å². The number of hydrogen-bond donors (Lipinski definition) is 4. The van der Waals surface area contributed by atoms with Crippen molar-refractivity contribution >= 4 is 22.3 Å². The van der Waals surface area contributed by atoms with Gasteiger partial charge in [0.25, 0.3) is 0 Å². The summed E-state index contributed by atoms with van der Waals surface area (Å²) < 4.78 is 20.7. The first kappa shape index (κ1) is 23.5. The number of aromatic nitrogens is 4. The number of aromatic amines is 2. The van der Waals surface area contributed by atoms with E-state index in [1.54, 1.807) is 12.3 Å². The molecular formula is C30H28FN7O. The van der Waals surface area contributed by atoms with Gasteiger partial charge in [0.2, 0.25) is 0 Å². The number of ether oxygens (including phenoxy) is 1. The van der Waals surface area contributed by atoms with Crippen LogP contribution in [0, 0.1) is 5.82 Å². The molecule has 0 amide bonds. The lowest BCUT2D eigenvalue weighted by molar-refractivity contribution is 0.237. The van der Waals surface area contributed by atoms with E-state index in [1.165, 1.54) is 18.9 Å². The van der Waals surface area contributed by atoms with Gasteiger partial charge in [0.05, 0.1) is 6.20 Å². The number of H-pyrrole nitrogens is 2. The Morgan fingerprint density at radius 3 is 2.74 bits per heavy atom. The molecule has 5 heterocycles. The highest BCUT2D eigenvalue weighted by atomic mass is 19.1. The fourth-order valence-corrected chi connectivity index (χ4v) is 5.47. The van der Waals surface area contributed by atoms with E-state index in [2.05, 4.69) is 48.0 Å². The zero-order valence-electron chi connectivity index (χ0n) is 21.3. The zero-order valence-corrected chi connectivity index (χ0v) is 21.3. The van der Waals surface area contributed by atoms with E-state index in [1.807, 2.05) is 42.9 Å². The minimum Gasteiger partial charge on any atom is -0.492 e. The van der Waals surface area contributed by atoms with Crippen LogP contribution in [0.5, 0.6) is 5.75 Å². The van der Waals surface area contributed by atoms with Crippen molar-refractivity contribution in [3.05, 3.63) is 90.4 Å². The molecule has 0 radical (unpaired) electrons. The molecule has 0 bridgehead atoms. The summed E-state index contributed by atoms with van der Waals surface area (Å²) in [7, 11) is 0. The van der Waals surface area contributed by atoms with Crippen LogP contribution in [0.1, 0.15) is 24.1 Å². The highest BCUT2D eigenvalue weighted by Gasteiger charge is 2.20. The molecule has 0 atom stereocenters. The maximum Gasteiger partial charge on any atom is 0.152 e. The summed E-state index contributed by atoms with van der Waals surface area (Å²) in [5.41, 5.74) is 13.7. The van der Waals surface area contributed by atoms with Gasteiger partial charge in [-0.25, -0.2) is 9.37 Å². The van der Waals surface area contributed by atoms with Crippen molar-refractivity contribution in [1.29, 1.82) is 0 Å². The van der Waals surface area contributed by atoms with Crippen molar-refractivity contribution in [2.75, 3.05) is 31.7 Å². The Morgan fingerprint density at radius 2 is 1.87 bits per heavy atom. The van der Waals surface area contributed by atoms with Crippen LogP contribution in [0.3, 0.4) is 0 Å². The molecule has 9 heteroatoms. The van der Waals surface area contributed by atoms with E-state index in [0.717, 1.165) is 75.4 Å². The Hall–Kier alpha value is -4.63.